The molecule has 1 aromatic carbocycles. The van der Waals surface area contributed by atoms with Crippen LogP contribution in [0.4, 0.5) is 13.2 Å². The zero-order valence-corrected chi connectivity index (χ0v) is 10.8. The van der Waals surface area contributed by atoms with Crippen LogP contribution >= 0.6 is 0 Å². The van der Waals surface area contributed by atoms with E-state index < -0.39 is 23.6 Å². The Bertz CT molecular complexity index is 551. The number of nitrogens with one attached hydrogen (secondary N) is 2. The Balaban J connectivity index is 3.17. The molecule has 1 aromatic rings. The summed E-state index contributed by atoms with van der Waals surface area (Å²) in [5.74, 6) is -1.09. The molecule has 7 heteroatoms. The number of benzene rings is 1. The third-order valence-corrected chi connectivity index (χ3v) is 2.31. The summed E-state index contributed by atoms with van der Waals surface area (Å²) in [6, 6.07) is 4.45. The lowest BCUT2D eigenvalue weighted by atomic mass is 10.1. The fraction of sp³-hybridized carbons (Fsp3) is 0.231. The van der Waals surface area contributed by atoms with E-state index in [-0.39, 0.29) is 11.3 Å². The minimum atomic E-state index is -4.47. The molecule has 1 rings (SSSR count). The Labute approximate surface area is 113 Å². The molecule has 20 heavy (non-hydrogen) atoms. The lowest BCUT2D eigenvalue weighted by Crippen LogP contribution is -2.31. The maximum atomic E-state index is 12.6. The van der Waals surface area contributed by atoms with Gasteiger partial charge in [0.15, 0.2) is 0 Å². The molecule has 0 aliphatic carbocycles. The molecule has 0 radical (unpaired) electrons. The fourth-order valence-electron chi connectivity index (χ4n) is 1.45. The second-order valence-electron chi connectivity index (χ2n) is 3.94. The fourth-order valence-corrected chi connectivity index (χ4v) is 1.45. The number of halogens is 3. The predicted octanol–water partition coefficient (Wildman–Crippen LogP) is 1.93. The number of carbonyl (C=O) groups is 2. The van der Waals surface area contributed by atoms with Crippen molar-refractivity contribution in [1.29, 1.82) is 0 Å². The minimum absolute atomic E-state index is 0.126. The average molecular weight is 286 g/mol. The highest BCUT2D eigenvalue weighted by atomic mass is 19.4. The second-order valence-corrected chi connectivity index (χ2v) is 3.94. The molecular weight excluding hydrogens is 273 g/mol. The van der Waals surface area contributed by atoms with Gasteiger partial charge in [-0.15, -0.1) is 0 Å². The van der Waals surface area contributed by atoms with E-state index in [4.69, 9.17) is 0 Å². The molecule has 2 amide bonds. The number of alkyl halides is 3. The molecule has 4 nitrogen and oxygen atoms in total. The molecule has 0 aliphatic rings. The van der Waals surface area contributed by atoms with Crippen molar-refractivity contribution in [2.45, 2.75) is 13.1 Å². The molecule has 0 bridgehead atoms. The Morgan fingerprint density at radius 3 is 2.40 bits per heavy atom. The van der Waals surface area contributed by atoms with Crippen molar-refractivity contribution in [2.75, 3.05) is 7.05 Å². The molecule has 0 aromatic heterocycles. The van der Waals surface area contributed by atoms with Gasteiger partial charge in [0.25, 0.3) is 5.91 Å². The summed E-state index contributed by atoms with van der Waals surface area (Å²) in [6.07, 6.45) is -3.29. The van der Waals surface area contributed by atoms with Crippen LogP contribution in [0.15, 0.2) is 30.0 Å². The third-order valence-electron chi connectivity index (χ3n) is 2.31. The van der Waals surface area contributed by atoms with Crippen LogP contribution in [0, 0.1) is 0 Å². The van der Waals surface area contributed by atoms with Crippen molar-refractivity contribution in [1.82, 2.24) is 10.6 Å². The van der Waals surface area contributed by atoms with Crippen molar-refractivity contribution in [2.24, 2.45) is 0 Å². The second kappa shape index (κ2) is 6.23. The first-order valence-electron chi connectivity index (χ1n) is 5.62. The van der Waals surface area contributed by atoms with Crippen LogP contribution in [0.5, 0.6) is 0 Å². The standard InChI is InChI=1S/C13H13F3N2O2/c1-8(19)18-11(12(20)17-2)7-9-4-3-5-10(6-9)13(14,15)16/h3-7H,1-2H3,(H,17,20)(H,18,19)/b11-7-. The van der Waals surface area contributed by atoms with Gasteiger partial charge in [-0.1, -0.05) is 12.1 Å². The van der Waals surface area contributed by atoms with Gasteiger partial charge in [-0.05, 0) is 23.8 Å². The number of carbonyl (C=O) groups excluding carboxylic acids is 2. The SMILES string of the molecule is CNC(=O)/C(=C/c1cccc(C(F)(F)F)c1)NC(C)=O. The van der Waals surface area contributed by atoms with E-state index in [9.17, 15) is 22.8 Å². The summed E-state index contributed by atoms with van der Waals surface area (Å²) in [6.45, 7) is 1.20. The summed E-state index contributed by atoms with van der Waals surface area (Å²) in [4.78, 5) is 22.5. The first kappa shape index (κ1) is 15.7. The predicted molar refractivity (Wildman–Crippen MR) is 67.3 cm³/mol. The molecular formula is C13H13F3N2O2. The maximum absolute atomic E-state index is 12.6. The Morgan fingerprint density at radius 2 is 1.90 bits per heavy atom. The average Bonchev–Trinajstić information content (AvgIpc) is 2.36. The van der Waals surface area contributed by atoms with Gasteiger partial charge < -0.3 is 10.6 Å². The summed E-state index contributed by atoms with van der Waals surface area (Å²) in [7, 11) is 1.35. The highest BCUT2D eigenvalue weighted by Gasteiger charge is 2.30. The van der Waals surface area contributed by atoms with Gasteiger partial charge in [0.2, 0.25) is 5.91 Å². The molecule has 0 heterocycles. The first-order valence-corrected chi connectivity index (χ1v) is 5.62. The number of hydrogen-bond donors (Lipinski definition) is 2. The Morgan fingerprint density at radius 1 is 1.25 bits per heavy atom. The maximum Gasteiger partial charge on any atom is 0.416 e. The van der Waals surface area contributed by atoms with Gasteiger partial charge >= 0.3 is 6.18 Å². The first-order chi connectivity index (χ1) is 9.24. The zero-order chi connectivity index (χ0) is 15.3. The molecule has 0 saturated heterocycles. The number of amides is 2. The van der Waals surface area contributed by atoms with Gasteiger partial charge in [0.1, 0.15) is 5.70 Å². The van der Waals surface area contributed by atoms with E-state index in [0.29, 0.717) is 0 Å². The van der Waals surface area contributed by atoms with Crippen molar-refractivity contribution < 1.29 is 22.8 Å². The van der Waals surface area contributed by atoms with E-state index in [2.05, 4.69) is 10.6 Å². The van der Waals surface area contributed by atoms with Gasteiger partial charge in [-0.3, -0.25) is 9.59 Å². The van der Waals surface area contributed by atoms with Crippen molar-refractivity contribution in [3.8, 4) is 0 Å². The van der Waals surface area contributed by atoms with E-state index in [1.165, 1.54) is 32.2 Å². The van der Waals surface area contributed by atoms with Gasteiger partial charge in [-0.25, -0.2) is 0 Å². The molecule has 0 spiro atoms. The van der Waals surface area contributed by atoms with E-state index in [1.54, 1.807) is 0 Å². The van der Waals surface area contributed by atoms with E-state index in [0.717, 1.165) is 12.1 Å². The van der Waals surface area contributed by atoms with Crippen LogP contribution in [0.2, 0.25) is 0 Å². The van der Waals surface area contributed by atoms with Crippen molar-refractivity contribution >= 4 is 17.9 Å². The highest BCUT2D eigenvalue weighted by Crippen LogP contribution is 2.29. The monoisotopic (exact) mass is 286 g/mol. The summed E-state index contributed by atoms with van der Waals surface area (Å²) < 4.78 is 37.7. The lowest BCUT2D eigenvalue weighted by molar-refractivity contribution is -0.137. The Hall–Kier alpha value is -2.31. The molecule has 0 fully saturated rings. The van der Waals surface area contributed by atoms with Gasteiger partial charge in [0.05, 0.1) is 5.56 Å². The molecule has 0 aliphatic heterocycles. The van der Waals surface area contributed by atoms with Crippen molar-refractivity contribution in [3.05, 3.63) is 41.1 Å². The van der Waals surface area contributed by atoms with Crippen LogP contribution in [0.1, 0.15) is 18.1 Å². The summed E-state index contributed by atoms with van der Waals surface area (Å²) >= 11 is 0. The van der Waals surface area contributed by atoms with Crippen LogP contribution < -0.4 is 10.6 Å². The molecule has 0 saturated carbocycles. The molecule has 108 valence electrons. The smallest absolute Gasteiger partial charge is 0.354 e. The van der Waals surface area contributed by atoms with E-state index >= 15 is 0 Å². The molecule has 0 unspecified atom stereocenters. The van der Waals surface area contributed by atoms with Crippen LogP contribution in [-0.2, 0) is 15.8 Å². The zero-order valence-electron chi connectivity index (χ0n) is 10.8. The summed E-state index contributed by atoms with van der Waals surface area (Å²) in [5, 5.41) is 4.56. The quantitative estimate of drug-likeness (QED) is 0.834. The minimum Gasteiger partial charge on any atom is -0.354 e. The van der Waals surface area contributed by atoms with Crippen molar-refractivity contribution in [3.63, 3.8) is 0 Å². The topological polar surface area (TPSA) is 58.2 Å². The number of rotatable bonds is 3. The van der Waals surface area contributed by atoms with Gasteiger partial charge in [-0.2, -0.15) is 13.2 Å². The third kappa shape index (κ3) is 4.42. The largest absolute Gasteiger partial charge is 0.416 e. The van der Waals surface area contributed by atoms with Crippen LogP contribution in [-0.4, -0.2) is 18.9 Å². The highest BCUT2D eigenvalue weighted by molar-refractivity contribution is 6.00. The van der Waals surface area contributed by atoms with E-state index in [1.807, 2.05) is 0 Å². The van der Waals surface area contributed by atoms with Crippen LogP contribution in [0.3, 0.4) is 0 Å². The normalized spacial score (nSPS) is 11.9. The van der Waals surface area contributed by atoms with Crippen LogP contribution in [0.25, 0.3) is 6.08 Å². The van der Waals surface area contributed by atoms with Gasteiger partial charge in [0, 0.05) is 14.0 Å². The Kier molecular flexibility index (Phi) is 4.90. The number of likely N-dealkylation sites (N-methyl/N-ethyl adjacent to an activating group) is 1. The molecule has 2 N–H and O–H groups in total. The lowest BCUT2D eigenvalue weighted by Gasteiger charge is -2.09. The molecule has 0 atom stereocenters. The summed E-state index contributed by atoms with van der Waals surface area (Å²) in [5.41, 5.74) is -0.795. The number of hydrogen-bond acceptors (Lipinski definition) is 2.